The fourth-order valence-electron chi connectivity index (χ4n) is 4.27. The highest BCUT2D eigenvalue weighted by molar-refractivity contribution is 7.80. The Balaban J connectivity index is 1.50. The Morgan fingerprint density at radius 3 is 2.62 bits per heavy atom. The lowest BCUT2D eigenvalue weighted by Gasteiger charge is -2.42. The summed E-state index contributed by atoms with van der Waals surface area (Å²) in [7, 11) is 0. The van der Waals surface area contributed by atoms with Gasteiger partial charge in [-0.2, -0.15) is 5.10 Å². The first-order valence-electron chi connectivity index (χ1n) is 11.8. The molecule has 37 heavy (non-hydrogen) atoms. The second kappa shape index (κ2) is 12.9. The molecule has 3 aromatic rings. The molecule has 0 spiro atoms. The lowest BCUT2D eigenvalue weighted by atomic mass is 10.1. The van der Waals surface area contributed by atoms with E-state index in [0.29, 0.717) is 44.4 Å². The third kappa shape index (κ3) is 7.45. The van der Waals surface area contributed by atoms with Crippen LogP contribution in [-0.4, -0.2) is 48.5 Å². The maximum atomic E-state index is 15.1. The molecular weight excluding hydrogens is 516 g/mol. The van der Waals surface area contributed by atoms with Crippen LogP contribution in [0.5, 0.6) is 0 Å². The number of nitrogens with two attached hydrogens (primary N) is 1. The zero-order valence-electron chi connectivity index (χ0n) is 20.1. The molecule has 1 unspecified atom stereocenters. The van der Waals surface area contributed by atoms with E-state index in [4.69, 9.17) is 22.1 Å². The molecule has 1 saturated heterocycles. The summed E-state index contributed by atoms with van der Waals surface area (Å²) >= 11 is 11.1. The van der Waals surface area contributed by atoms with Crippen molar-refractivity contribution in [1.82, 2.24) is 10.3 Å². The molecule has 0 saturated carbocycles. The number of rotatable bonds is 9. The Bertz CT molecular complexity index is 1250. The van der Waals surface area contributed by atoms with Crippen LogP contribution in [0.1, 0.15) is 16.7 Å². The van der Waals surface area contributed by atoms with Crippen molar-refractivity contribution in [2.75, 3.05) is 31.1 Å². The van der Waals surface area contributed by atoms with E-state index >= 15 is 4.39 Å². The molecule has 0 bridgehead atoms. The van der Waals surface area contributed by atoms with E-state index in [1.165, 1.54) is 6.07 Å². The maximum Gasteiger partial charge on any atom is 0.184 e. The zero-order valence-corrected chi connectivity index (χ0v) is 21.7. The maximum absolute atomic E-state index is 15.1. The summed E-state index contributed by atoms with van der Waals surface area (Å²) in [6.07, 6.45) is 1.14. The van der Waals surface area contributed by atoms with Crippen LogP contribution in [0.2, 0.25) is 5.02 Å². The summed E-state index contributed by atoms with van der Waals surface area (Å²) in [5.74, 6) is -1.14. The fourth-order valence-corrected chi connectivity index (χ4v) is 4.52. The van der Waals surface area contributed by atoms with Crippen LogP contribution in [0.4, 0.5) is 14.5 Å². The first-order chi connectivity index (χ1) is 17.9. The van der Waals surface area contributed by atoms with Crippen molar-refractivity contribution in [3.05, 3.63) is 100 Å². The van der Waals surface area contributed by atoms with Gasteiger partial charge in [0.2, 0.25) is 0 Å². The number of hydrazone groups is 1. The molecular formula is C27H28ClF2N5OS. The Labute approximate surface area is 225 Å². The van der Waals surface area contributed by atoms with E-state index in [1.54, 1.807) is 0 Å². The summed E-state index contributed by atoms with van der Waals surface area (Å²) in [5, 5.41) is 4.35. The number of benzene rings is 3. The highest BCUT2D eigenvalue weighted by atomic mass is 35.5. The van der Waals surface area contributed by atoms with Gasteiger partial charge >= 0.3 is 0 Å². The van der Waals surface area contributed by atoms with Crippen LogP contribution in [0, 0.1) is 11.6 Å². The molecule has 0 amide bonds. The number of piperazine rings is 1. The summed E-state index contributed by atoms with van der Waals surface area (Å²) in [5.41, 5.74) is 9.91. The number of nitrogens with one attached hydrogen (secondary N) is 1. The van der Waals surface area contributed by atoms with E-state index in [0.717, 1.165) is 23.4 Å². The Morgan fingerprint density at radius 2 is 1.86 bits per heavy atom. The topological polar surface area (TPSA) is 66.1 Å². The number of anilines is 1. The van der Waals surface area contributed by atoms with Crippen molar-refractivity contribution in [3.8, 4) is 0 Å². The monoisotopic (exact) mass is 543 g/mol. The molecule has 3 aromatic carbocycles. The summed E-state index contributed by atoms with van der Waals surface area (Å²) in [6, 6.07) is 19.9. The van der Waals surface area contributed by atoms with Gasteiger partial charge in [0.05, 0.1) is 31.2 Å². The lowest BCUT2D eigenvalue weighted by Crippen LogP contribution is -2.54. The lowest BCUT2D eigenvalue weighted by molar-refractivity contribution is 0.0411. The van der Waals surface area contributed by atoms with E-state index in [9.17, 15) is 4.39 Å². The predicted octanol–water partition coefficient (Wildman–Crippen LogP) is 4.69. The predicted molar refractivity (Wildman–Crippen MR) is 148 cm³/mol. The first-order valence-corrected chi connectivity index (χ1v) is 12.6. The van der Waals surface area contributed by atoms with Crippen LogP contribution in [0.15, 0.2) is 71.8 Å². The smallest absolute Gasteiger partial charge is 0.184 e. The number of halogens is 3. The second-order valence-corrected chi connectivity index (χ2v) is 9.57. The van der Waals surface area contributed by atoms with Crippen LogP contribution in [-0.2, 0) is 17.9 Å². The highest BCUT2D eigenvalue weighted by Gasteiger charge is 2.29. The van der Waals surface area contributed by atoms with Gasteiger partial charge in [0.15, 0.2) is 5.11 Å². The average Bonchev–Trinajstić information content (AvgIpc) is 2.88. The Hall–Kier alpha value is -3.11. The summed E-state index contributed by atoms with van der Waals surface area (Å²) in [6.45, 7) is 3.14. The van der Waals surface area contributed by atoms with Crippen molar-refractivity contribution in [3.63, 3.8) is 0 Å². The van der Waals surface area contributed by atoms with Gasteiger partial charge in [-0.25, -0.2) is 8.78 Å². The summed E-state index contributed by atoms with van der Waals surface area (Å²) in [4.78, 5) is 4.13. The summed E-state index contributed by atoms with van der Waals surface area (Å²) < 4.78 is 35.9. The quantitative estimate of drug-likeness (QED) is 0.232. The normalized spacial score (nSPS) is 16.3. The van der Waals surface area contributed by atoms with Crippen molar-refractivity contribution < 1.29 is 13.5 Å². The van der Waals surface area contributed by atoms with E-state index in [1.807, 2.05) is 59.5 Å². The Morgan fingerprint density at radius 1 is 1.11 bits per heavy atom. The minimum Gasteiger partial charge on any atom is -0.375 e. The van der Waals surface area contributed by atoms with Crippen molar-refractivity contribution >= 4 is 40.8 Å². The minimum absolute atomic E-state index is 0.00917. The molecule has 1 fully saturated rings. The number of hydrogen-bond donors (Lipinski definition) is 2. The Kier molecular flexibility index (Phi) is 9.40. The van der Waals surface area contributed by atoms with Gasteiger partial charge in [-0.1, -0.05) is 60.1 Å². The zero-order chi connectivity index (χ0) is 26.2. The second-order valence-electron chi connectivity index (χ2n) is 8.72. The molecule has 3 N–H and O–H groups in total. The van der Waals surface area contributed by atoms with Gasteiger partial charge in [-0.05, 0) is 35.5 Å². The molecule has 1 aliphatic heterocycles. The molecule has 1 aliphatic rings. The molecule has 4 rings (SSSR count). The van der Waals surface area contributed by atoms with E-state index in [-0.39, 0.29) is 22.4 Å². The number of hydrogen-bond acceptors (Lipinski definition) is 5. The first kappa shape index (κ1) is 26.9. The van der Waals surface area contributed by atoms with E-state index < -0.39 is 11.6 Å². The van der Waals surface area contributed by atoms with Gasteiger partial charge in [0.1, 0.15) is 11.6 Å². The van der Waals surface area contributed by atoms with Gasteiger partial charge in [-0.15, -0.1) is 0 Å². The van der Waals surface area contributed by atoms with Crippen molar-refractivity contribution in [2.24, 2.45) is 10.8 Å². The molecule has 1 heterocycles. The molecule has 1 atom stereocenters. The van der Waals surface area contributed by atoms with Crippen molar-refractivity contribution in [2.45, 2.75) is 19.2 Å². The third-order valence-electron chi connectivity index (χ3n) is 6.14. The van der Waals surface area contributed by atoms with Crippen molar-refractivity contribution in [1.29, 1.82) is 0 Å². The molecule has 194 valence electrons. The molecule has 0 aromatic heterocycles. The van der Waals surface area contributed by atoms with E-state index in [2.05, 4.69) is 27.6 Å². The van der Waals surface area contributed by atoms with Crippen LogP contribution < -0.4 is 16.1 Å². The number of ether oxygens (including phenoxy) is 1. The third-order valence-corrected chi connectivity index (χ3v) is 6.60. The standard InChI is InChI=1S/C27H28ClF2N5OS/c28-23-9-5-4-8-20(23)15-34-10-11-35(16-22(34)18-36-17-19-6-2-1-3-7-19)26-13-24(29)21(12-25(26)30)14-32-33-27(31)37/h1-9,12-14,22H,10-11,15-18H2,(H3,31,33,37). The molecule has 10 heteroatoms. The van der Waals surface area contributed by atoms with Crippen LogP contribution in [0.3, 0.4) is 0 Å². The molecule has 6 nitrogen and oxygen atoms in total. The largest absolute Gasteiger partial charge is 0.375 e. The number of thiocarbonyl (C=S) groups is 1. The van der Waals surface area contributed by atoms with Crippen LogP contribution >= 0.6 is 23.8 Å². The van der Waals surface area contributed by atoms with Gasteiger partial charge < -0.3 is 15.4 Å². The number of nitrogens with zero attached hydrogens (tertiary/aromatic N) is 3. The van der Waals surface area contributed by atoms with Gasteiger partial charge in [-0.3, -0.25) is 10.3 Å². The van der Waals surface area contributed by atoms with Gasteiger partial charge in [0, 0.05) is 42.8 Å². The fraction of sp³-hybridized carbons (Fsp3) is 0.259. The highest BCUT2D eigenvalue weighted by Crippen LogP contribution is 2.27. The minimum atomic E-state index is -0.597. The molecule has 0 aliphatic carbocycles. The van der Waals surface area contributed by atoms with Gasteiger partial charge in [0.25, 0.3) is 0 Å². The molecule has 0 radical (unpaired) electrons. The SMILES string of the molecule is NC(=S)NN=Cc1cc(F)c(N2CCN(Cc3ccccc3Cl)C(COCc3ccccc3)C2)cc1F. The average molecular weight is 544 g/mol. The van der Waals surface area contributed by atoms with Crippen LogP contribution in [0.25, 0.3) is 0 Å².